The predicted molar refractivity (Wildman–Crippen MR) is 99.7 cm³/mol. The van der Waals surface area contributed by atoms with E-state index in [2.05, 4.69) is 22.0 Å². The third-order valence-corrected chi connectivity index (χ3v) is 5.70. The summed E-state index contributed by atoms with van der Waals surface area (Å²) in [5, 5.41) is 18.5. The summed E-state index contributed by atoms with van der Waals surface area (Å²) in [7, 11) is 0. The van der Waals surface area contributed by atoms with Crippen molar-refractivity contribution in [1.29, 1.82) is 0 Å². The molecule has 0 aromatic rings. The summed E-state index contributed by atoms with van der Waals surface area (Å²) in [5.74, 6) is 0.462. The number of piperidine rings is 1. The first-order valence-corrected chi connectivity index (χ1v) is 9.82. The number of aliphatic hydroxyl groups excluding tert-OH is 1. The van der Waals surface area contributed by atoms with Gasteiger partial charge in [-0.2, -0.15) is 13.2 Å². The molecule has 5 atom stereocenters. The minimum Gasteiger partial charge on any atom is -0.365 e. The lowest BCUT2D eigenvalue weighted by Gasteiger charge is -2.31. The summed E-state index contributed by atoms with van der Waals surface area (Å²) in [5.41, 5.74) is 0.371. The molecule has 9 heteroatoms. The van der Waals surface area contributed by atoms with Crippen molar-refractivity contribution < 1.29 is 18.3 Å². The Kier molecular flexibility index (Phi) is 6.97. The van der Waals surface area contributed by atoms with Crippen LogP contribution in [0.2, 0.25) is 0 Å². The average molecular weight is 407 g/mol. The van der Waals surface area contributed by atoms with Gasteiger partial charge in [0.15, 0.2) is 6.35 Å². The van der Waals surface area contributed by atoms with E-state index in [0.29, 0.717) is 18.9 Å². The highest BCUT2D eigenvalue weighted by Crippen LogP contribution is 2.35. The van der Waals surface area contributed by atoms with Gasteiger partial charge in [0.05, 0.1) is 5.38 Å². The van der Waals surface area contributed by atoms with Crippen LogP contribution in [0.25, 0.3) is 0 Å². The van der Waals surface area contributed by atoms with Crippen LogP contribution in [0.15, 0.2) is 28.8 Å². The first-order valence-electron chi connectivity index (χ1n) is 9.39. The molecular formula is C18H26ClF3N4O. The SMILES string of the molecule is OC(NCCC1=NC2NCCCC2C=C1)NC1CC=C(C(F)(F)F)CC1Cl. The fourth-order valence-electron chi connectivity index (χ4n) is 3.70. The van der Waals surface area contributed by atoms with Crippen molar-refractivity contribution in [2.45, 2.75) is 62.2 Å². The molecule has 27 heavy (non-hydrogen) atoms. The van der Waals surface area contributed by atoms with Crippen LogP contribution in [0.3, 0.4) is 0 Å². The Bertz CT molecular complexity index is 608. The monoisotopic (exact) mass is 406 g/mol. The predicted octanol–water partition coefficient (Wildman–Crippen LogP) is 2.43. The van der Waals surface area contributed by atoms with E-state index in [1.807, 2.05) is 6.08 Å². The molecule has 0 spiro atoms. The molecule has 2 aliphatic heterocycles. The lowest BCUT2D eigenvalue weighted by molar-refractivity contribution is -0.0953. The van der Waals surface area contributed by atoms with Gasteiger partial charge in [0.1, 0.15) is 6.17 Å². The Morgan fingerprint density at radius 3 is 2.96 bits per heavy atom. The van der Waals surface area contributed by atoms with E-state index in [0.717, 1.165) is 31.2 Å². The van der Waals surface area contributed by atoms with E-state index in [9.17, 15) is 18.3 Å². The molecule has 3 aliphatic rings. The summed E-state index contributed by atoms with van der Waals surface area (Å²) in [6.07, 6.45) is 3.00. The Morgan fingerprint density at radius 1 is 1.41 bits per heavy atom. The van der Waals surface area contributed by atoms with E-state index < -0.39 is 29.5 Å². The third-order valence-electron chi connectivity index (χ3n) is 5.24. The maximum absolute atomic E-state index is 12.7. The van der Waals surface area contributed by atoms with Gasteiger partial charge in [0.2, 0.25) is 0 Å². The van der Waals surface area contributed by atoms with Gasteiger partial charge in [-0.1, -0.05) is 12.2 Å². The molecule has 5 nitrogen and oxygen atoms in total. The van der Waals surface area contributed by atoms with Crippen LogP contribution < -0.4 is 16.0 Å². The number of dihydropyridines is 1. The van der Waals surface area contributed by atoms with Crippen LogP contribution in [0.4, 0.5) is 13.2 Å². The smallest absolute Gasteiger partial charge is 0.365 e. The zero-order chi connectivity index (χ0) is 19.4. The van der Waals surface area contributed by atoms with Gasteiger partial charge in [0.25, 0.3) is 0 Å². The Hall–Kier alpha value is -0.930. The summed E-state index contributed by atoms with van der Waals surface area (Å²) in [6, 6.07) is -0.417. The number of nitrogens with zero attached hydrogens (tertiary/aromatic N) is 1. The molecule has 1 aliphatic carbocycles. The van der Waals surface area contributed by atoms with E-state index in [1.165, 1.54) is 0 Å². The van der Waals surface area contributed by atoms with Crippen LogP contribution in [0.1, 0.15) is 32.1 Å². The van der Waals surface area contributed by atoms with E-state index in [1.54, 1.807) is 0 Å². The first kappa shape index (κ1) is 20.8. The summed E-state index contributed by atoms with van der Waals surface area (Å²) in [4.78, 5) is 4.70. The number of hydrogen-bond acceptors (Lipinski definition) is 5. The fourth-order valence-corrected chi connectivity index (χ4v) is 4.04. The van der Waals surface area contributed by atoms with Crippen molar-refractivity contribution in [3.8, 4) is 0 Å². The lowest BCUT2D eigenvalue weighted by atomic mass is 9.93. The van der Waals surface area contributed by atoms with Crippen LogP contribution in [0, 0.1) is 5.92 Å². The Balaban J connectivity index is 1.40. The van der Waals surface area contributed by atoms with Gasteiger partial charge in [-0.05, 0) is 38.3 Å². The summed E-state index contributed by atoms with van der Waals surface area (Å²) in [6.45, 7) is 1.48. The maximum atomic E-state index is 12.7. The third kappa shape index (κ3) is 5.77. The molecule has 3 rings (SSSR count). The summed E-state index contributed by atoms with van der Waals surface area (Å²) < 4.78 is 38.2. The minimum absolute atomic E-state index is 0.131. The van der Waals surface area contributed by atoms with Crippen molar-refractivity contribution in [3.63, 3.8) is 0 Å². The number of fused-ring (bicyclic) bond motifs is 1. The van der Waals surface area contributed by atoms with Crippen molar-refractivity contribution >= 4 is 17.3 Å². The standard InChI is InChI=1S/C18H26ClF3N4O/c19-14-10-12(18(20,21)22)4-6-15(14)26-17(27)24-9-7-13-5-3-11-2-1-8-23-16(11)25-13/h3-5,11,14-17,23-24,26-27H,1-2,6-10H2. The van der Waals surface area contributed by atoms with E-state index >= 15 is 0 Å². The molecule has 0 aromatic carbocycles. The summed E-state index contributed by atoms with van der Waals surface area (Å²) >= 11 is 6.07. The second-order valence-electron chi connectivity index (χ2n) is 7.25. The largest absolute Gasteiger partial charge is 0.412 e. The van der Waals surface area contributed by atoms with Crippen LogP contribution >= 0.6 is 11.6 Å². The molecule has 5 unspecified atom stereocenters. The fraction of sp³-hybridized carbons (Fsp3) is 0.722. The molecule has 152 valence electrons. The van der Waals surface area contributed by atoms with E-state index in [-0.39, 0.29) is 19.0 Å². The normalized spacial score (nSPS) is 32.5. The van der Waals surface area contributed by atoms with Crippen molar-refractivity contribution in [2.24, 2.45) is 10.9 Å². The zero-order valence-corrected chi connectivity index (χ0v) is 15.7. The average Bonchev–Trinajstić information content (AvgIpc) is 2.62. The van der Waals surface area contributed by atoms with Crippen LogP contribution in [-0.2, 0) is 0 Å². The van der Waals surface area contributed by atoms with Crippen LogP contribution in [0.5, 0.6) is 0 Å². The molecule has 1 saturated heterocycles. The number of rotatable bonds is 6. The molecule has 2 heterocycles. The van der Waals surface area contributed by atoms with Gasteiger partial charge >= 0.3 is 6.18 Å². The molecule has 1 fully saturated rings. The van der Waals surface area contributed by atoms with Crippen LogP contribution in [-0.4, -0.2) is 54.0 Å². The number of alkyl halides is 4. The second-order valence-corrected chi connectivity index (χ2v) is 7.81. The molecule has 0 radical (unpaired) electrons. The second kappa shape index (κ2) is 9.05. The minimum atomic E-state index is -4.34. The van der Waals surface area contributed by atoms with Gasteiger partial charge in [-0.25, -0.2) is 0 Å². The highest BCUT2D eigenvalue weighted by molar-refractivity contribution is 6.21. The Morgan fingerprint density at radius 2 is 2.22 bits per heavy atom. The Labute approximate surface area is 162 Å². The van der Waals surface area contributed by atoms with Gasteiger partial charge in [-0.3, -0.25) is 20.9 Å². The quantitative estimate of drug-likeness (QED) is 0.311. The molecule has 0 aromatic heterocycles. The number of hydrogen-bond donors (Lipinski definition) is 4. The maximum Gasteiger partial charge on any atom is 0.412 e. The topological polar surface area (TPSA) is 68.7 Å². The molecule has 0 bridgehead atoms. The van der Waals surface area contributed by atoms with Gasteiger partial charge in [0, 0.05) is 36.2 Å². The van der Waals surface area contributed by atoms with Crippen molar-refractivity contribution in [1.82, 2.24) is 16.0 Å². The molecule has 4 N–H and O–H groups in total. The highest BCUT2D eigenvalue weighted by atomic mass is 35.5. The first-order chi connectivity index (χ1) is 12.8. The number of aliphatic imine (C=N–C) groups is 1. The zero-order valence-electron chi connectivity index (χ0n) is 15.0. The number of nitrogens with one attached hydrogen (secondary N) is 3. The van der Waals surface area contributed by atoms with Crippen molar-refractivity contribution in [3.05, 3.63) is 23.8 Å². The molecule has 0 amide bonds. The van der Waals surface area contributed by atoms with Gasteiger partial charge in [-0.15, -0.1) is 11.6 Å². The van der Waals surface area contributed by atoms with E-state index in [4.69, 9.17) is 16.6 Å². The number of aliphatic hydroxyl groups is 1. The number of allylic oxidation sites excluding steroid dienone is 2. The van der Waals surface area contributed by atoms with Gasteiger partial charge < -0.3 is 5.11 Å². The van der Waals surface area contributed by atoms with Crippen molar-refractivity contribution in [2.75, 3.05) is 13.1 Å². The molecular weight excluding hydrogens is 381 g/mol. The molecule has 0 saturated carbocycles. The highest BCUT2D eigenvalue weighted by Gasteiger charge is 2.38. The lowest BCUT2D eigenvalue weighted by Crippen LogP contribution is -2.51. The number of halogens is 4.